The quantitative estimate of drug-likeness (QED) is 0.869. The molecule has 2 atom stereocenters. The van der Waals surface area contributed by atoms with Gasteiger partial charge in [-0.3, -0.25) is 4.98 Å². The van der Waals surface area contributed by atoms with E-state index in [0.717, 1.165) is 5.56 Å². The third-order valence-electron chi connectivity index (χ3n) is 2.67. The van der Waals surface area contributed by atoms with E-state index in [-0.39, 0.29) is 18.2 Å². The van der Waals surface area contributed by atoms with Gasteiger partial charge in [0.15, 0.2) is 0 Å². The zero-order valence-electron chi connectivity index (χ0n) is 12.9. The Labute approximate surface area is 121 Å². The molecule has 112 valence electrons. The average molecular weight is 279 g/mol. The summed E-state index contributed by atoms with van der Waals surface area (Å²) in [6.07, 6.45) is 3.20. The van der Waals surface area contributed by atoms with Crippen LogP contribution in [0.5, 0.6) is 0 Å². The Morgan fingerprint density at radius 2 is 2.10 bits per heavy atom. The van der Waals surface area contributed by atoms with Gasteiger partial charge in [-0.25, -0.2) is 4.79 Å². The van der Waals surface area contributed by atoms with Crippen LogP contribution >= 0.6 is 0 Å². The lowest BCUT2D eigenvalue weighted by Gasteiger charge is -2.23. The first kappa shape index (κ1) is 16.4. The minimum absolute atomic E-state index is 0.137. The molecule has 0 aliphatic rings. The number of hydrogen-bond donors (Lipinski definition) is 2. The minimum Gasteiger partial charge on any atom is -0.444 e. The second-order valence-electron chi connectivity index (χ2n) is 5.96. The average Bonchev–Trinajstić information content (AvgIpc) is 2.35. The lowest BCUT2D eigenvalue weighted by molar-refractivity contribution is 0.0522. The molecule has 0 aromatic carbocycles. The molecule has 1 aromatic heterocycles. The number of pyridine rings is 1. The number of rotatable bonds is 5. The number of nitrogens with one attached hydrogen (secondary N) is 2. The van der Waals surface area contributed by atoms with Gasteiger partial charge in [0, 0.05) is 31.0 Å². The Kier molecular flexibility index (Phi) is 5.95. The fraction of sp³-hybridized carbons (Fsp3) is 0.600. The molecule has 1 heterocycles. The van der Waals surface area contributed by atoms with Gasteiger partial charge in [-0.1, -0.05) is 6.07 Å². The molecule has 1 rings (SSSR count). The van der Waals surface area contributed by atoms with E-state index in [1.165, 1.54) is 0 Å². The zero-order chi connectivity index (χ0) is 15.2. The van der Waals surface area contributed by atoms with Crippen LogP contribution < -0.4 is 10.6 Å². The van der Waals surface area contributed by atoms with Gasteiger partial charge in [0.05, 0.1) is 0 Å². The second kappa shape index (κ2) is 7.24. The van der Waals surface area contributed by atoms with Crippen molar-refractivity contribution in [3.8, 4) is 0 Å². The number of ether oxygens (including phenoxy) is 1. The van der Waals surface area contributed by atoms with Gasteiger partial charge in [0.25, 0.3) is 0 Å². The minimum atomic E-state index is -0.469. The first-order chi connectivity index (χ1) is 9.28. The van der Waals surface area contributed by atoms with Crippen LogP contribution in [0.2, 0.25) is 0 Å². The summed E-state index contributed by atoms with van der Waals surface area (Å²) >= 11 is 0. The molecule has 5 heteroatoms. The standard InChI is InChI=1S/C15H25N3O2/c1-11(9-17-14(19)20-15(3,4)5)18-12(2)13-7-6-8-16-10-13/h6-8,10-12,18H,9H2,1-5H3,(H,17,19)/t11?,12-/m0/s1. The van der Waals surface area contributed by atoms with Gasteiger partial charge < -0.3 is 15.4 Å². The van der Waals surface area contributed by atoms with Crippen molar-refractivity contribution in [3.05, 3.63) is 30.1 Å². The summed E-state index contributed by atoms with van der Waals surface area (Å²) in [6, 6.07) is 4.26. The van der Waals surface area contributed by atoms with E-state index in [0.29, 0.717) is 6.54 Å². The van der Waals surface area contributed by atoms with Gasteiger partial charge in [-0.15, -0.1) is 0 Å². The molecule has 20 heavy (non-hydrogen) atoms. The molecule has 1 unspecified atom stereocenters. The fourth-order valence-electron chi connectivity index (χ4n) is 1.76. The highest BCUT2D eigenvalue weighted by Crippen LogP contribution is 2.10. The highest BCUT2D eigenvalue weighted by atomic mass is 16.6. The predicted molar refractivity (Wildman–Crippen MR) is 79.5 cm³/mol. The summed E-state index contributed by atoms with van der Waals surface area (Å²) < 4.78 is 5.19. The SMILES string of the molecule is CC(CNC(=O)OC(C)(C)C)N[C@@H](C)c1cccnc1. The van der Waals surface area contributed by atoms with E-state index in [1.807, 2.05) is 46.0 Å². The van der Waals surface area contributed by atoms with Gasteiger partial charge in [-0.2, -0.15) is 0 Å². The molecule has 0 fully saturated rings. The number of nitrogens with zero attached hydrogens (tertiary/aromatic N) is 1. The van der Waals surface area contributed by atoms with E-state index >= 15 is 0 Å². The van der Waals surface area contributed by atoms with Crippen LogP contribution in [0.4, 0.5) is 4.79 Å². The molecule has 0 radical (unpaired) electrons. The number of aromatic nitrogens is 1. The van der Waals surface area contributed by atoms with E-state index in [2.05, 4.69) is 22.5 Å². The number of carbonyl (C=O) groups excluding carboxylic acids is 1. The topological polar surface area (TPSA) is 63.2 Å². The summed E-state index contributed by atoms with van der Waals surface area (Å²) in [4.78, 5) is 15.6. The molecular weight excluding hydrogens is 254 g/mol. The monoisotopic (exact) mass is 279 g/mol. The van der Waals surface area contributed by atoms with Crippen LogP contribution in [0.3, 0.4) is 0 Å². The molecule has 0 spiro atoms. The van der Waals surface area contributed by atoms with Crippen molar-refractivity contribution >= 4 is 6.09 Å². The number of amides is 1. The first-order valence-electron chi connectivity index (χ1n) is 6.91. The van der Waals surface area contributed by atoms with Gasteiger partial charge in [0.1, 0.15) is 5.60 Å². The van der Waals surface area contributed by atoms with Crippen LogP contribution in [-0.4, -0.2) is 29.3 Å². The summed E-state index contributed by atoms with van der Waals surface area (Å²) in [5.74, 6) is 0. The van der Waals surface area contributed by atoms with Gasteiger partial charge in [-0.05, 0) is 46.2 Å². The number of alkyl carbamates (subject to hydrolysis) is 1. The van der Waals surface area contributed by atoms with Crippen molar-refractivity contribution in [2.45, 2.75) is 52.3 Å². The summed E-state index contributed by atoms with van der Waals surface area (Å²) in [5, 5.41) is 6.16. The molecule has 0 aliphatic carbocycles. The molecule has 0 saturated carbocycles. The Bertz CT molecular complexity index is 415. The normalized spacial score (nSPS) is 14.4. The van der Waals surface area contributed by atoms with Crippen LogP contribution in [0.25, 0.3) is 0 Å². The van der Waals surface area contributed by atoms with E-state index in [9.17, 15) is 4.79 Å². The number of carbonyl (C=O) groups is 1. The zero-order valence-corrected chi connectivity index (χ0v) is 12.9. The van der Waals surface area contributed by atoms with Crippen LogP contribution in [0.1, 0.15) is 46.2 Å². The Hall–Kier alpha value is -1.62. The Morgan fingerprint density at radius 3 is 2.65 bits per heavy atom. The van der Waals surface area contributed by atoms with Crippen molar-refractivity contribution < 1.29 is 9.53 Å². The highest BCUT2D eigenvalue weighted by Gasteiger charge is 2.17. The second-order valence-corrected chi connectivity index (χ2v) is 5.96. The third-order valence-corrected chi connectivity index (χ3v) is 2.67. The highest BCUT2D eigenvalue weighted by molar-refractivity contribution is 5.67. The van der Waals surface area contributed by atoms with Crippen molar-refractivity contribution in [3.63, 3.8) is 0 Å². The summed E-state index contributed by atoms with van der Waals surface area (Å²) in [5.41, 5.74) is 0.653. The first-order valence-corrected chi connectivity index (χ1v) is 6.91. The summed E-state index contributed by atoms with van der Waals surface area (Å²) in [6.45, 7) is 10.1. The van der Waals surface area contributed by atoms with E-state index < -0.39 is 5.60 Å². The lowest BCUT2D eigenvalue weighted by Crippen LogP contribution is -2.41. The Morgan fingerprint density at radius 1 is 1.40 bits per heavy atom. The number of hydrogen-bond acceptors (Lipinski definition) is 4. The maximum atomic E-state index is 11.5. The van der Waals surface area contributed by atoms with Crippen LogP contribution in [0, 0.1) is 0 Å². The largest absolute Gasteiger partial charge is 0.444 e. The molecule has 5 nitrogen and oxygen atoms in total. The molecule has 1 aromatic rings. The molecule has 0 aliphatic heterocycles. The molecule has 1 amide bonds. The predicted octanol–water partition coefficient (Wildman–Crippen LogP) is 2.65. The fourth-order valence-corrected chi connectivity index (χ4v) is 1.76. The maximum Gasteiger partial charge on any atom is 0.407 e. The third kappa shape index (κ3) is 6.52. The van der Waals surface area contributed by atoms with Crippen molar-refractivity contribution in [1.82, 2.24) is 15.6 Å². The lowest BCUT2D eigenvalue weighted by atomic mass is 10.1. The van der Waals surface area contributed by atoms with Crippen molar-refractivity contribution in [2.24, 2.45) is 0 Å². The molecule has 2 N–H and O–H groups in total. The molecule has 0 saturated heterocycles. The van der Waals surface area contributed by atoms with E-state index in [1.54, 1.807) is 6.20 Å². The van der Waals surface area contributed by atoms with E-state index in [4.69, 9.17) is 4.74 Å². The van der Waals surface area contributed by atoms with Crippen molar-refractivity contribution in [1.29, 1.82) is 0 Å². The summed E-state index contributed by atoms with van der Waals surface area (Å²) in [7, 11) is 0. The van der Waals surface area contributed by atoms with Gasteiger partial charge in [0.2, 0.25) is 0 Å². The van der Waals surface area contributed by atoms with Crippen LogP contribution in [-0.2, 0) is 4.74 Å². The van der Waals surface area contributed by atoms with Crippen molar-refractivity contribution in [2.75, 3.05) is 6.54 Å². The molecular formula is C15H25N3O2. The Balaban J connectivity index is 2.33. The smallest absolute Gasteiger partial charge is 0.407 e. The van der Waals surface area contributed by atoms with Crippen LogP contribution in [0.15, 0.2) is 24.5 Å². The van der Waals surface area contributed by atoms with Gasteiger partial charge >= 0.3 is 6.09 Å². The molecule has 0 bridgehead atoms. The maximum absolute atomic E-state index is 11.5.